The van der Waals surface area contributed by atoms with Gasteiger partial charge >= 0.3 is 0 Å². The Labute approximate surface area is 146 Å². The number of carbonyl (C=O) groups excluding carboxylic acids is 1. The van der Waals surface area contributed by atoms with E-state index in [0.717, 1.165) is 31.6 Å². The molecule has 0 saturated carbocycles. The molecule has 0 aliphatic carbocycles. The van der Waals surface area contributed by atoms with Gasteiger partial charge in [0.05, 0.1) is 16.6 Å². The summed E-state index contributed by atoms with van der Waals surface area (Å²) in [7, 11) is 1.99. The lowest BCUT2D eigenvalue weighted by molar-refractivity contribution is 0.0933. The first kappa shape index (κ1) is 17.0. The molecule has 2 heterocycles. The standard InChI is InChI=1S/C18H21ClFN3O/c1-22-9-5-8-15(22)16(23-10-2-3-11-23)12-21-18(24)17-13(19)6-4-7-14(17)20/h4-9,16H,2-3,10-12H2,1H3,(H,21,24). The highest BCUT2D eigenvalue weighted by Crippen LogP contribution is 2.25. The van der Waals surface area contributed by atoms with E-state index in [9.17, 15) is 9.18 Å². The van der Waals surface area contributed by atoms with E-state index in [0.29, 0.717) is 6.54 Å². The van der Waals surface area contributed by atoms with Crippen LogP contribution >= 0.6 is 11.6 Å². The average molecular weight is 350 g/mol. The monoisotopic (exact) mass is 349 g/mol. The molecule has 0 spiro atoms. The summed E-state index contributed by atoms with van der Waals surface area (Å²) in [5, 5.41) is 2.98. The van der Waals surface area contributed by atoms with Gasteiger partial charge in [-0.3, -0.25) is 9.69 Å². The molecule has 1 unspecified atom stereocenters. The molecule has 1 N–H and O–H groups in total. The normalized spacial score (nSPS) is 16.3. The number of nitrogens with one attached hydrogen (secondary N) is 1. The summed E-state index contributed by atoms with van der Waals surface area (Å²) in [6, 6.07) is 8.39. The van der Waals surface area contributed by atoms with Crippen molar-refractivity contribution < 1.29 is 9.18 Å². The molecule has 6 heteroatoms. The Kier molecular flexibility index (Phi) is 5.21. The maximum atomic E-state index is 13.9. The van der Waals surface area contributed by atoms with Gasteiger partial charge in [0.15, 0.2) is 0 Å². The molecule has 24 heavy (non-hydrogen) atoms. The Morgan fingerprint density at radius 2 is 2.04 bits per heavy atom. The lowest BCUT2D eigenvalue weighted by Gasteiger charge is -2.28. The van der Waals surface area contributed by atoms with Crippen LogP contribution in [0.3, 0.4) is 0 Å². The second kappa shape index (κ2) is 7.36. The zero-order chi connectivity index (χ0) is 17.1. The Hall–Kier alpha value is -1.85. The van der Waals surface area contributed by atoms with Gasteiger partial charge in [0, 0.05) is 25.5 Å². The van der Waals surface area contributed by atoms with Crippen LogP contribution in [0.2, 0.25) is 5.02 Å². The quantitative estimate of drug-likeness (QED) is 0.898. The molecule has 1 aromatic carbocycles. The minimum Gasteiger partial charge on any atom is -0.353 e. The number of nitrogens with zero attached hydrogens (tertiary/aromatic N) is 2. The molecule has 3 rings (SSSR count). The molecule has 1 fully saturated rings. The number of likely N-dealkylation sites (tertiary alicyclic amines) is 1. The van der Waals surface area contributed by atoms with Gasteiger partial charge in [-0.15, -0.1) is 0 Å². The zero-order valence-corrected chi connectivity index (χ0v) is 14.4. The van der Waals surface area contributed by atoms with Crippen molar-refractivity contribution in [2.75, 3.05) is 19.6 Å². The number of amides is 1. The predicted molar refractivity (Wildman–Crippen MR) is 92.7 cm³/mol. The predicted octanol–water partition coefficient (Wildman–Crippen LogP) is 3.38. The van der Waals surface area contributed by atoms with Gasteiger partial charge in [0.2, 0.25) is 0 Å². The summed E-state index contributed by atoms with van der Waals surface area (Å²) < 4.78 is 16.0. The first-order valence-electron chi connectivity index (χ1n) is 8.15. The molecule has 1 saturated heterocycles. The fourth-order valence-electron chi connectivity index (χ4n) is 3.29. The topological polar surface area (TPSA) is 37.3 Å². The Bertz CT molecular complexity index is 705. The van der Waals surface area contributed by atoms with Gasteiger partial charge in [0.1, 0.15) is 5.82 Å². The first-order valence-corrected chi connectivity index (χ1v) is 8.53. The molecule has 1 amide bonds. The second-order valence-corrected chi connectivity index (χ2v) is 6.52. The van der Waals surface area contributed by atoms with Crippen LogP contribution in [-0.2, 0) is 7.05 Å². The van der Waals surface area contributed by atoms with Gasteiger partial charge in [-0.2, -0.15) is 0 Å². The molecule has 1 aliphatic heterocycles. The molecular formula is C18H21ClFN3O. The van der Waals surface area contributed by atoms with E-state index in [4.69, 9.17) is 11.6 Å². The fourth-order valence-corrected chi connectivity index (χ4v) is 3.54. The Morgan fingerprint density at radius 1 is 1.29 bits per heavy atom. The van der Waals surface area contributed by atoms with Crippen LogP contribution in [0, 0.1) is 5.82 Å². The Morgan fingerprint density at radius 3 is 2.67 bits per heavy atom. The van der Waals surface area contributed by atoms with Crippen LogP contribution in [0.1, 0.15) is 34.9 Å². The lowest BCUT2D eigenvalue weighted by atomic mass is 10.1. The molecule has 128 valence electrons. The summed E-state index contributed by atoms with van der Waals surface area (Å²) in [5.74, 6) is -1.08. The first-order chi connectivity index (χ1) is 11.6. The fraction of sp³-hybridized carbons (Fsp3) is 0.389. The minimum atomic E-state index is -0.600. The number of aryl methyl sites for hydroxylation is 1. The van der Waals surface area contributed by atoms with E-state index < -0.39 is 11.7 Å². The van der Waals surface area contributed by atoms with Crippen molar-refractivity contribution in [1.29, 1.82) is 0 Å². The molecule has 0 bridgehead atoms. The van der Waals surface area contributed by atoms with Gasteiger partial charge < -0.3 is 9.88 Å². The molecule has 1 aliphatic rings. The van der Waals surface area contributed by atoms with Crippen molar-refractivity contribution in [3.05, 3.63) is 58.6 Å². The van der Waals surface area contributed by atoms with Crippen LogP contribution in [0.15, 0.2) is 36.5 Å². The van der Waals surface area contributed by atoms with Crippen molar-refractivity contribution in [1.82, 2.24) is 14.8 Å². The van der Waals surface area contributed by atoms with E-state index >= 15 is 0 Å². The SMILES string of the molecule is Cn1cccc1C(CNC(=O)c1c(F)cccc1Cl)N1CCCC1. The van der Waals surface area contributed by atoms with E-state index in [1.807, 2.05) is 19.3 Å². The number of hydrogen-bond acceptors (Lipinski definition) is 2. The lowest BCUT2D eigenvalue weighted by Crippen LogP contribution is -2.38. The number of rotatable bonds is 5. The molecule has 4 nitrogen and oxygen atoms in total. The van der Waals surface area contributed by atoms with Crippen LogP contribution in [0.4, 0.5) is 4.39 Å². The summed E-state index contributed by atoms with van der Waals surface area (Å²) >= 11 is 5.98. The largest absolute Gasteiger partial charge is 0.353 e. The average Bonchev–Trinajstić information content (AvgIpc) is 3.20. The third kappa shape index (κ3) is 3.47. The molecular weight excluding hydrogens is 329 g/mol. The van der Waals surface area contributed by atoms with Crippen molar-refractivity contribution in [3.8, 4) is 0 Å². The molecule has 1 atom stereocenters. The van der Waals surface area contributed by atoms with Crippen molar-refractivity contribution in [2.24, 2.45) is 7.05 Å². The van der Waals surface area contributed by atoms with Crippen molar-refractivity contribution >= 4 is 17.5 Å². The van der Waals surface area contributed by atoms with Gasteiger partial charge in [0.25, 0.3) is 5.91 Å². The highest BCUT2D eigenvalue weighted by Gasteiger charge is 2.26. The molecule has 2 aromatic rings. The zero-order valence-electron chi connectivity index (χ0n) is 13.6. The third-order valence-electron chi connectivity index (χ3n) is 4.55. The number of carbonyl (C=O) groups is 1. The van der Waals surface area contributed by atoms with E-state index in [1.54, 1.807) is 0 Å². The highest BCUT2D eigenvalue weighted by atomic mass is 35.5. The number of halogens is 2. The minimum absolute atomic E-state index is 0.0713. The summed E-state index contributed by atoms with van der Waals surface area (Å²) in [6.45, 7) is 2.43. The number of hydrogen-bond donors (Lipinski definition) is 1. The molecule has 1 aromatic heterocycles. The van der Waals surface area contributed by atoms with Gasteiger partial charge in [-0.1, -0.05) is 17.7 Å². The van der Waals surface area contributed by atoms with E-state index in [2.05, 4.69) is 20.9 Å². The van der Waals surface area contributed by atoms with E-state index in [-0.39, 0.29) is 16.6 Å². The van der Waals surface area contributed by atoms with Crippen LogP contribution in [-0.4, -0.2) is 35.0 Å². The van der Waals surface area contributed by atoms with Crippen LogP contribution in [0.5, 0.6) is 0 Å². The third-order valence-corrected chi connectivity index (χ3v) is 4.87. The van der Waals surface area contributed by atoms with E-state index in [1.165, 1.54) is 18.2 Å². The van der Waals surface area contributed by atoms with Crippen LogP contribution in [0.25, 0.3) is 0 Å². The van der Waals surface area contributed by atoms with Gasteiger partial charge in [-0.05, 0) is 50.2 Å². The maximum absolute atomic E-state index is 13.9. The van der Waals surface area contributed by atoms with Crippen molar-refractivity contribution in [3.63, 3.8) is 0 Å². The van der Waals surface area contributed by atoms with Gasteiger partial charge in [-0.25, -0.2) is 4.39 Å². The Balaban J connectivity index is 1.76. The summed E-state index contributed by atoms with van der Waals surface area (Å²) in [6.07, 6.45) is 4.32. The highest BCUT2D eigenvalue weighted by molar-refractivity contribution is 6.33. The molecule has 0 radical (unpaired) electrons. The number of benzene rings is 1. The van der Waals surface area contributed by atoms with Crippen molar-refractivity contribution in [2.45, 2.75) is 18.9 Å². The summed E-state index contributed by atoms with van der Waals surface area (Å²) in [4.78, 5) is 14.8. The van der Waals surface area contributed by atoms with Crippen LogP contribution < -0.4 is 5.32 Å². The summed E-state index contributed by atoms with van der Waals surface area (Å²) in [5.41, 5.74) is 1.04. The second-order valence-electron chi connectivity index (χ2n) is 6.11. The number of aromatic nitrogens is 1. The maximum Gasteiger partial charge on any atom is 0.255 e. The smallest absolute Gasteiger partial charge is 0.255 e.